The van der Waals surface area contributed by atoms with Crippen LogP contribution < -0.4 is 0 Å². The summed E-state index contributed by atoms with van der Waals surface area (Å²) >= 11 is 0. The number of hydrogen-bond acceptors (Lipinski definition) is 5. The lowest BCUT2D eigenvalue weighted by Gasteiger charge is -2.43. The van der Waals surface area contributed by atoms with Crippen molar-refractivity contribution in [2.24, 2.45) is 7.05 Å². The van der Waals surface area contributed by atoms with Crippen molar-refractivity contribution >= 4 is 16.7 Å². The fourth-order valence-electron chi connectivity index (χ4n) is 4.20. The number of morpholine rings is 1. The highest BCUT2D eigenvalue weighted by atomic mass is 19.4. The molecule has 1 atom stereocenters. The Morgan fingerprint density at radius 3 is 2.66 bits per heavy atom. The Labute approximate surface area is 184 Å². The van der Waals surface area contributed by atoms with E-state index >= 15 is 0 Å². The van der Waals surface area contributed by atoms with Crippen LogP contribution in [-0.2, 0) is 18.3 Å². The van der Waals surface area contributed by atoms with Crippen molar-refractivity contribution in [3.8, 4) is 11.1 Å². The van der Waals surface area contributed by atoms with Crippen LogP contribution in [0.1, 0.15) is 36.8 Å². The molecule has 9 heteroatoms. The number of nitrogens with zero attached hydrogens (tertiary/aromatic N) is 4. The van der Waals surface area contributed by atoms with Crippen LogP contribution in [0, 0.1) is 0 Å². The number of rotatable bonds is 4. The van der Waals surface area contributed by atoms with E-state index < -0.39 is 17.9 Å². The van der Waals surface area contributed by atoms with E-state index in [1.807, 2.05) is 31.4 Å². The second-order valence-electron chi connectivity index (χ2n) is 8.94. The molecule has 1 fully saturated rings. The largest absolute Gasteiger partial charge is 0.415 e. The lowest BCUT2D eigenvalue weighted by molar-refractivity contribution is -0.272. The number of carbonyl (C=O) groups is 1. The fraction of sp³-hybridized carbons (Fsp3) is 0.435. The Morgan fingerprint density at radius 2 is 2.03 bits per heavy atom. The van der Waals surface area contributed by atoms with Gasteiger partial charge in [0.05, 0.1) is 17.3 Å². The highest BCUT2D eigenvalue weighted by molar-refractivity contribution is 6.01. The smallest absolute Gasteiger partial charge is 0.360 e. The molecule has 0 unspecified atom stereocenters. The molecule has 0 saturated carbocycles. The van der Waals surface area contributed by atoms with Crippen molar-refractivity contribution in [2.75, 3.05) is 13.1 Å². The lowest BCUT2D eigenvalue weighted by atomic mass is 9.99. The predicted octanol–water partition coefficient (Wildman–Crippen LogP) is 4.38. The molecular formula is C23H25F3N4O2. The molecule has 0 spiro atoms. The van der Waals surface area contributed by atoms with Crippen molar-refractivity contribution in [2.45, 2.75) is 45.2 Å². The maximum absolute atomic E-state index is 13.3. The molecular weight excluding hydrogens is 421 g/mol. The van der Waals surface area contributed by atoms with Crippen molar-refractivity contribution in [3.63, 3.8) is 0 Å². The summed E-state index contributed by atoms with van der Waals surface area (Å²) < 4.78 is 46.9. The average molecular weight is 446 g/mol. The van der Waals surface area contributed by atoms with Gasteiger partial charge in [0, 0.05) is 50.8 Å². The van der Waals surface area contributed by atoms with Gasteiger partial charge in [-0.3, -0.25) is 14.4 Å². The van der Waals surface area contributed by atoms with Gasteiger partial charge in [-0.2, -0.15) is 18.3 Å². The zero-order valence-electron chi connectivity index (χ0n) is 18.4. The summed E-state index contributed by atoms with van der Waals surface area (Å²) in [5, 5.41) is 5.06. The molecule has 1 aromatic carbocycles. The van der Waals surface area contributed by atoms with Gasteiger partial charge in [-0.25, -0.2) is 4.98 Å². The number of halogens is 3. The third-order valence-corrected chi connectivity index (χ3v) is 5.51. The molecule has 3 aromatic rings. The Kier molecular flexibility index (Phi) is 5.58. The van der Waals surface area contributed by atoms with Crippen molar-refractivity contribution < 1.29 is 22.7 Å². The van der Waals surface area contributed by atoms with Crippen LogP contribution in [0.5, 0.6) is 0 Å². The van der Waals surface area contributed by atoms with E-state index in [4.69, 9.17) is 4.74 Å². The number of Topliss-reactive ketones (excluding diaryl/α,β-unsaturated/α-hetero) is 1. The number of hydrogen-bond donors (Lipinski definition) is 0. The topological polar surface area (TPSA) is 60.2 Å². The zero-order chi connectivity index (χ0) is 23.3. The Hall–Kier alpha value is -2.78. The number of benzene rings is 1. The first kappa shape index (κ1) is 22.4. The number of fused-ring (bicyclic) bond motifs is 1. The van der Waals surface area contributed by atoms with Gasteiger partial charge in [-0.1, -0.05) is 12.1 Å². The van der Waals surface area contributed by atoms with Crippen LogP contribution in [0.25, 0.3) is 22.0 Å². The average Bonchev–Trinajstić information content (AvgIpc) is 3.11. The summed E-state index contributed by atoms with van der Waals surface area (Å²) in [5.74, 6) is -0.162. The second-order valence-corrected chi connectivity index (χ2v) is 8.94. The van der Waals surface area contributed by atoms with E-state index in [0.717, 1.165) is 22.1 Å². The highest BCUT2D eigenvalue weighted by Gasteiger charge is 2.47. The molecule has 3 heterocycles. The summed E-state index contributed by atoms with van der Waals surface area (Å²) in [5.41, 5.74) is 2.55. The van der Waals surface area contributed by atoms with E-state index in [1.165, 1.54) is 6.92 Å². The normalized spacial score (nSPS) is 19.4. The molecule has 0 N–H and O–H groups in total. The lowest BCUT2D eigenvalue weighted by Crippen LogP contribution is -2.56. The maximum Gasteiger partial charge on any atom is 0.415 e. The molecule has 0 radical (unpaired) electrons. The van der Waals surface area contributed by atoms with E-state index in [2.05, 4.69) is 10.1 Å². The molecule has 6 nitrogen and oxygen atoms in total. The minimum absolute atomic E-state index is 0.162. The SMILES string of the molecule is CC(=O)c1cc(-c2cnn(C)c2)c2ccc(CN3C[C@H](C(F)(F)F)OC(C)(C)C3)cc2n1. The van der Waals surface area contributed by atoms with Crippen LogP contribution in [0.3, 0.4) is 0 Å². The first-order valence-corrected chi connectivity index (χ1v) is 10.3. The third-order valence-electron chi connectivity index (χ3n) is 5.51. The van der Waals surface area contributed by atoms with Crippen molar-refractivity contribution in [1.82, 2.24) is 19.7 Å². The highest BCUT2D eigenvalue weighted by Crippen LogP contribution is 2.33. The number of carbonyl (C=O) groups excluding carboxylic acids is 1. The molecule has 1 saturated heterocycles. The molecule has 1 aliphatic heterocycles. The van der Waals surface area contributed by atoms with Crippen LogP contribution >= 0.6 is 0 Å². The fourth-order valence-corrected chi connectivity index (χ4v) is 4.20. The van der Waals surface area contributed by atoms with Crippen molar-refractivity contribution in [1.29, 1.82) is 0 Å². The van der Waals surface area contributed by atoms with Gasteiger partial charge in [0.1, 0.15) is 5.69 Å². The number of alkyl halides is 3. The Balaban J connectivity index is 1.69. The first-order chi connectivity index (χ1) is 14.9. The number of aryl methyl sites for hydroxylation is 1. The molecule has 4 rings (SSSR count). The summed E-state index contributed by atoms with van der Waals surface area (Å²) in [6.07, 6.45) is -2.67. The number of ether oxygens (including phenoxy) is 1. The van der Waals surface area contributed by atoms with Crippen LogP contribution in [0.15, 0.2) is 36.7 Å². The summed E-state index contributed by atoms with van der Waals surface area (Å²) in [4.78, 5) is 18.3. The second kappa shape index (κ2) is 7.97. The minimum atomic E-state index is -4.42. The summed E-state index contributed by atoms with van der Waals surface area (Å²) in [6.45, 7) is 5.26. The zero-order valence-corrected chi connectivity index (χ0v) is 18.4. The van der Waals surface area contributed by atoms with Crippen molar-refractivity contribution in [3.05, 3.63) is 47.9 Å². The number of pyridine rings is 1. The summed E-state index contributed by atoms with van der Waals surface area (Å²) in [7, 11) is 1.81. The molecule has 0 aliphatic carbocycles. The number of aromatic nitrogens is 3. The van der Waals surface area contributed by atoms with Gasteiger partial charge < -0.3 is 4.74 Å². The number of ketones is 1. The van der Waals surface area contributed by atoms with Gasteiger partial charge >= 0.3 is 6.18 Å². The molecule has 1 aliphatic rings. The Bertz CT molecular complexity index is 1170. The van der Waals surface area contributed by atoms with E-state index in [-0.39, 0.29) is 12.3 Å². The maximum atomic E-state index is 13.3. The molecule has 0 amide bonds. The standard InChI is InChI=1S/C23H25F3N4O2/c1-14(31)19-8-18(16-9-27-29(4)11-16)17-6-5-15(7-20(17)28-19)10-30-12-21(23(24,25)26)32-22(2,3)13-30/h5-9,11,21H,10,12-13H2,1-4H3/t21-/m1/s1. The van der Waals surface area contributed by atoms with Crippen LogP contribution in [0.2, 0.25) is 0 Å². The van der Waals surface area contributed by atoms with Gasteiger partial charge in [0.15, 0.2) is 11.9 Å². The van der Waals surface area contributed by atoms with Crippen LogP contribution in [0.4, 0.5) is 13.2 Å². The van der Waals surface area contributed by atoms with Gasteiger partial charge in [-0.15, -0.1) is 0 Å². The molecule has 32 heavy (non-hydrogen) atoms. The van der Waals surface area contributed by atoms with E-state index in [9.17, 15) is 18.0 Å². The van der Waals surface area contributed by atoms with Gasteiger partial charge in [-0.05, 0) is 37.1 Å². The molecule has 0 bridgehead atoms. The summed E-state index contributed by atoms with van der Waals surface area (Å²) in [6, 6.07) is 7.38. The quantitative estimate of drug-likeness (QED) is 0.557. The van der Waals surface area contributed by atoms with Gasteiger partial charge in [0.25, 0.3) is 0 Å². The third kappa shape index (κ3) is 4.68. The minimum Gasteiger partial charge on any atom is -0.360 e. The van der Waals surface area contributed by atoms with E-state index in [1.54, 1.807) is 35.7 Å². The molecule has 2 aromatic heterocycles. The molecule has 170 valence electrons. The Morgan fingerprint density at radius 1 is 1.28 bits per heavy atom. The monoisotopic (exact) mass is 446 g/mol. The van der Waals surface area contributed by atoms with E-state index in [0.29, 0.717) is 24.3 Å². The predicted molar refractivity (Wildman–Crippen MR) is 114 cm³/mol. The van der Waals surface area contributed by atoms with Gasteiger partial charge in [0.2, 0.25) is 0 Å². The first-order valence-electron chi connectivity index (χ1n) is 10.3. The van der Waals surface area contributed by atoms with Crippen LogP contribution in [-0.4, -0.2) is 56.4 Å².